The number of aromatic amines is 1. The lowest BCUT2D eigenvalue weighted by Crippen LogP contribution is -2.37. The van der Waals surface area contributed by atoms with Crippen LogP contribution in [0.25, 0.3) is 0 Å². The van der Waals surface area contributed by atoms with Crippen LogP contribution in [0.3, 0.4) is 0 Å². The number of alkyl carbamates (subject to hydrolysis) is 1. The van der Waals surface area contributed by atoms with Crippen LogP contribution < -0.4 is 5.32 Å². The number of nitrogens with one attached hydrogen (secondary N) is 2. The topological polar surface area (TPSA) is 102 Å². The summed E-state index contributed by atoms with van der Waals surface area (Å²) in [5.74, 6) is 0.337. The van der Waals surface area contributed by atoms with Gasteiger partial charge in [-0.25, -0.2) is 4.79 Å². The Morgan fingerprint density at radius 1 is 1.30 bits per heavy atom. The minimum Gasteiger partial charge on any atom is -0.444 e. The van der Waals surface area contributed by atoms with Crippen molar-refractivity contribution >= 4 is 6.09 Å². The molecule has 1 amide bonds. The summed E-state index contributed by atoms with van der Waals surface area (Å²) >= 11 is 0. The molecule has 0 fully saturated rings. The van der Waals surface area contributed by atoms with E-state index in [4.69, 9.17) is 9.47 Å². The average molecular weight is 319 g/mol. The molecule has 0 aliphatic rings. The Balaban J connectivity index is 1.91. The van der Waals surface area contributed by atoms with Crippen LogP contribution in [-0.4, -0.2) is 38.9 Å². The first kappa shape index (κ1) is 16.9. The third-order valence-corrected chi connectivity index (χ3v) is 2.76. The van der Waals surface area contributed by atoms with Crippen molar-refractivity contribution in [3.05, 3.63) is 41.7 Å². The second-order valence-corrected chi connectivity index (χ2v) is 5.97. The van der Waals surface area contributed by atoms with Gasteiger partial charge in [-0.05, 0) is 26.3 Å². The van der Waals surface area contributed by atoms with Crippen molar-refractivity contribution in [2.75, 3.05) is 6.61 Å². The maximum Gasteiger partial charge on any atom is 0.408 e. The molecule has 8 heteroatoms. The first-order valence-corrected chi connectivity index (χ1v) is 7.28. The number of aromatic nitrogens is 4. The molecule has 1 atom stereocenters. The Morgan fingerprint density at radius 2 is 2.04 bits per heavy atom. The second kappa shape index (κ2) is 7.68. The third kappa shape index (κ3) is 6.03. The Kier molecular flexibility index (Phi) is 5.64. The van der Waals surface area contributed by atoms with Gasteiger partial charge >= 0.3 is 6.09 Å². The molecule has 124 valence electrons. The van der Waals surface area contributed by atoms with Gasteiger partial charge in [-0.1, -0.05) is 35.5 Å². The average Bonchev–Trinajstić information content (AvgIpc) is 2.99. The monoisotopic (exact) mass is 319 g/mol. The number of H-pyrrole nitrogens is 1. The van der Waals surface area contributed by atoms with Crippen molar-refractivity contribution in [2.45, 2.75) is 39.0 Å². The first-order chi connectivity index (χ1) is 10.9. The number of carbonyl (C=O) groups excluding carboxylic acids is 1. The van der Waals surface area contributed by atoms with Gasteiger partial charge in [-0.3, -0.25) is 0 Å². The molecule has 0 saturated heterocycles. The van der Waals surface area contributed by atoms with Crippen molar-refractivity contribution < 1.29 is 14.3 Å². The molecule has 0 unspecified atom stereocenters. The quantitative estimate of drug-likeness (QED) is 0.844. The maximum absolute atomic E-state index is 11.9. The van der Waals surface area contributed by atoms with Crippen LogP contribution in [0.4, 0.5) is 4.79 Å². The number of ether oxygens (including phenoxy) is 2. The van der Waals surface area contributed by atoms with Gasteiger partial charge in [0.25, 0.3) is 0 Å². The largest absolute Gasteiger partial charge is 0.444 e. The van der Waals surface area contributed by atoms with E-state index in [2.05, 4.69) is 25.9 Å². The van der Waals surface area contributed by atoms with E-state index in [0.29, 0.717) is 12.4 Å². The predicted molar refractivity (Wildman–Crippen MR) is 82.4 cm³/mol. The number of hydrogen-bond donors (Lipinski definition) is 2. The molecule has 0 aliphatic heterocycles. The molecule has 0 bridgehead atoms. The molecule has 2 rings (SSSR count). The molecule has 0 aliphatic carbocycles. The highest BCUT2D eigenvalue weighted by atomic mass is 16.6. The number of rotatable bonds is 6. The highest BCUT2D eigenvalue weighted by Gasteiger charge is 2.23. The summed E-state index contributed by atoms with van der Waals surface area (Å²) < 4.78 is 10.9. The zero-order valence-electron chi connectivity index (χ0n) is 13.4. The molecular weight excluding hydrogens is 298 g/mol. The highest BCUT2D eigenvalue weighted by Crippen LogP contribution is 2.12. The van der Waals surface area contributed by atoms with Crippen molar-refractivity contribution in [2.24, 2.45) is 0 Å². The van der Waals surface area contributed by atoms with Crippen LogP contribution in [0.2, 0.25) is 0 Å². The molecule has 0 spiro atoms. The first-order valence-electron chi connectivity index (χ1n) is 7.28. The maximum atomic E-state index is 11.9. The second-order valence-electron chi connectivity index (χ2n) is 5.97. The fraction of sp³-hybridized carbons (Fsp3) is 0.467. The van der Waals surface area contributed by atoms with E-state index in [-0.39, 0.29) is 6.61 Å². The van der Waals surface area contributed by atoms with Crippen LogP contribution in [0.5, 0.6) is 0 Å². The lowest BCUT2D eigenvalue weighted by Gasteiger charge is -2.22. The Hall–Kier alpha value is -2.48. The summed E-state index contributed by atoms with van der Waals surface area (Å²) in [6, 6.07) is 9.19. The summed E-state index contributed by atoms with van der Waals surface area (Å²) in [6.45, 7) is 6.00. The Labute approximate surface area is 134 Å². The molecule has 2 aromatic rings. The lowest BCUT2D eigenvalue weighted by atomic mass is 10.2. The number of nitrogens with zero attached hydrogens (tertiary/aromatic N) is 3. The van der Waals surface area contributed by atoms with Crippen molar-refractivity contribution in [3.8, 4) is 0 Å². The van der Waals surface area contributed by atoms with Gasteiger partial charge in [0.1, 0.15) is 11.6 Å². The highest BCUT2D eigenvalue weighted by molar-refractivity contribution is 5.68. The number of benzene rings is 1. The minimum absolute atomic E-state index is 0.202. The van der Waals surface area contributed by atoms with E-state index in [1.165, 1.54) is 0 Å². The van der Waals surface area contributed by atoms with Gasteiger partial charge in [0.15, 0.2) is 5.82 Å². The number of amides is 1. The van der Waals surface area contributed by atoms with E-state index >= 15 is 0 Å². The summed E-state index contributed by atoms with van der Waals surface area (Å²) in [4.78, 5) is 11.9. The normalized spacial score (nSPS) is 12.7. The third-order valence-electron chi connectivity index (χ3n) is 2.76. The fourth-order valence-electron chi connectivity index (χ4n) is 1.82. The van der Waals surface area contributed by atoms with Gasteiger partial charge in [0, 0.05) is 0 Å². The summed E-state index contributed by atoms with van der Waals surface area (Å²) in [5, 5.41) is 16.3. The van der Waals surface area contributed by atoms with Crippen LogP contribution in [0.15, 0.2) is 30.3 Å². The molecule has 1 heterocycles. The van der Waals surface area contributed by atoms with E-state index in [0.717, 1.165) is 5.56 Å². The summed E-state index contributed by atoms with van der Waals surface area (Å²) in [5.41, 5.74) is 0.452. The fourth-order valence-corrected chi connectivity index (χ4v) is 1.82. The van der Waals surface area contributed by atoms with Crippen molar-refractivity contribution in [1.82, 2.24) is 25.9 Å². The van der Waals surface area contributed by atoms with Gasteiger partial charge in [0.05, 0.1) is 13.2 Å². The van der Waals surface area contributed by atoms with E-state index in [9.17, 15) is 4.79 Å². The van der Waals surface area contributed by atoms with Gasteiger partial charge in [0.2, 0.25) is 0 Å². The molecule has 0 saturated carbocycles. The minimum atomic E-state index is -0.587. The Bertz CT molecular complexity index is 595. The Morgan fingerprint density at radius 3 is 2.65 bits per heavy atom. The van der Waals surface area contributed by atoms with Gasteiger partial charge in [-0.15, -0.1) is 10.2 Å². The van der Waals surface area contributed by atoms with Crippen LogP contribution in [0.1, 0.15) is 38.2 Å². The molecule has 1 aromatic carbocycles. The van der Waals surface area contributed by atoms with E-state index < -0.39 is 17.7 Å². The van der Waals surface area contributed by atoms with Crippen LogP contribution >= 0.6 is 0 Å². The van der Waals surface area contributed by atoms with Crippen LogP contribution in [0, 0.1) is 0 Å². The smallest absolute Gasteiger partial charge is 0.408 e. The van der Waals surface area contributed by atoms with Gasteiger partial charge < -0.3 is 14.8 Å². The molecule has 0 radical (unpaired) electrons. The molecule has 8 nitrogen and oxygen atoms in total. The van der Waals surface area contributed by atoms with Crippen LogP contribution in [-0.2, 0) is 16.1 Å². The predicted octanol–water partition coefficient (Wildman–Crippen LogP) is 1.98. The van der Waals surface area contributed by atoms with Crippen molar-refractivity contribution in [3.63, 3.8) is 0 Å². The number of carbonyl (C=O) groups is 1. The van der Waals surface area contributed by atoms with Crippen molar-refractivity contribution in [1.29, 1.82) is 0 Å². The van der Waals surface area contributed by atoms with E-state index in [1.807, 2.05) is 30.3 Å². The standard InChI is InChI=1S/C15H21N5O3/c1-15(2,3)23-14(21)16-12(13-17-19-20-18-13)10-22-9-11-7-5-4-6-8-11/h4-8,12H,9-10H2,1-3H3,(H,16,21)(H,17,18,19,20)/t12-/m1/s1. The molecule has 1 aromatic heterocycles. The molecular formula is C15H21N5O3. The summed E-state index contributed by atoms with van der Waals surface area (Å²) in [7, 11) is 0. The van der Waals surface area contributed by atoms with Gasteiger partial charge in [-0.2, -0.15) is 5.21 Å². The molecule has 23 heavy (non-hydrogen) atoms. The molecule has 2 N–H and O–H groups in total. The number of tetrazole rings is 1. The number of hydrogen-bond acceptors (Lipinski definition) is 6. The zero-order valence-corrected chi connectivity index (χ0v) is 13.4. The lowest BCUT2D eigenvalue weighted by molar-refractivity contribution is 0.0420. The SMILES string of the molecule is CC(C)(C)OC(=O)N[C@H](COCc1ccccc1)c1nn[nH]n1. The zero-order chi connectivity index (χ0) is 16.7. The summed E-state index contributed by atoms with van der Waals surface area (Å²) in [6.07, 6.45) is -0.560. The van der Waals surface area contributed by atoms with E-state index in [1.54, 1.807) is 20.8 Å².